The molecule has 3 nitrogen and oxygen atoms in total. The highest BCUT2D eigenvalue weighted by atomic mass is 79.9. The first-order valence-corrected chi connectivity index (χ1v) is 7.28. The molecule has 0 aliphatic rings. The van der Waals surface area contributed by atoms with Crippen molar-refractivity contribution in [2.45, 2.75) is 20.1 Å². The quantitative estimate of drug-likeness (QED) is 0.796. The lowest BCUT2D eigenvalue weighted by molar-refractivity contribution is 0.267. The maximum atomic E-state index is 9.52. The molecule has 1 aromatic heterocycles. The molecule has 2 aromatic carbocycles. The molecule has 3 aromatic rings. The number of aromatic nitrogens is 2. The number of para-hydroxylation sites is 2. The normalized spacial score (nSPS) is 11.2. The van der Waals surface area contributed by atoms with Gasteiger partial charge in [-0.15, -0.1) is 0 Å². The minimum absolute atomic E-state index is 0.0513. The summed E-state index contributed by atoms with van der Waals surface area (Å²) in [5, 5.41) is 9.52. The Morgan fingerprint density at radius 3 is 2.75 bits per heavy atom. The van der Waals surface area contributed by atoms with Gasteiger partial charge in [0.1, 0.15) is 12.4 Å². The molecule has 3 rings (SSSR count). The van der Waals surface area contributed by atoms with E-state index in [1.807, 2.05) is 30.3 Å². The summed E-state index contributed by atoms with van der Waals surface area (Å²) >= 11 is 3.48. The summed E-state index contributed by atoms with van der Waals surface area (Å²) in [6.07, 6.45) is 0. The van der Waals surface area contributed by atoms with Crippen LogP contribution in [0.15, 0.2) is 46.9 Å². The molecule has 102 valence electrons. The highest BCUT2D eigenvalue weighted by Gasteiger charge is 2.10. The van der Waals surface area contributed by atoms with Crippen molar-refractivity contribution in [3.63, 3.8) is 0 Å². The highest BCUT2D eigenvalue weighted by molar-refractivity contribution is 9.10. The van der Waals surface area contributed by atoms with E-state index in [9.17, 15) is 5.11 Å². The predicted molar refractivity (Wildman–Crippen MR) is 83.6 cm³/mol. The van der Waals surface area contributed by atoms with Crippen LogP contribution in [0.4, 0.5) is 0 Å². The van der Waals surface area contributed by atoms with Gasteiger partial charge in [-0.3, -0.25) is 0 Å². The standard InChI is InChI=1S/C16H15BrN2O/c1-11-8-13(17)7-6-12(11)9-19-15-5-3-2-4-14(15)18-16(19)10-20/h2-8,20H,9-10H2,1H3. The summed E-state index contributed by atoms with van der Waals surface area (Å²) < 4.78 is 3.16. The molecule has 0 unspecified atom stereocenters. The molecular weight excluding hydrogens is 316 g/mol. The average molecular weight is 331 g/mol. The number of halogens is 1. The first-order chi connectivity index (χ1) is 9.69. The van der Waals surface area contributed by atoms with Gasteiger partial charge < -0.3 is 9.67 Å². The topological polar surface area (TPSA) is 38.0 Å². The number of imidazole rings is 1. The number of aliphatic hydroxyl groups is 1. The molecule has 0 bridgehead atoms. The van der Waals surface area contributed by atoms with Crippen molar-refractivity contribution >= 4 is 27.0 Å². The fourth-order valence-electron chi connectivity index (χ4n) is 2.43. The second-order valence-corrected chi connectivity index (χ2v) is 5.75. The number of benzene rings is 2. The van der Waals surface area contributed by atoms with Crippen molar-refractivity contribution in [3.8, 4) is 0 Å². The third-order valence-corrected chi connectivity index (χ3v) is 4.00. The molecule has 0 atom stereocenters. The van der Waals surface area contributed by atoms with E-state index in [0.717, 1.165) is 22.1 Å². The van der Waals surface area contributed by atoms with Crippen molar-refractivity contribution in [3.05, 3.63) is 63.9 Å². The van der Waals surface area contributed by atoms with Gasteiger partial charge >= 0.3 is 0 Å². The first-order valence-electron chi connectivity index (χ1n) is 6.49. The number of aliphatic hydroxyl groups excluding tert-OH is 1. The summed E-state index contributed by atoms with van der Waals surface area (Å²) in [4.78, 5) is 4.48. The van der Waals surface area contributed by atoms with Crippen molar-refractivity contribution in [2.75, 3.05) is 0 Å². The SMILES string of the molecule is Cc1cc(Br)ccc1Cn1c(CO)nc2ccccc21. The Morgan fingerprint density at radius 1 is 1.20 bits per heavy atom. The van der Waals surface area contributed by atoms with E-state index < -0.39 is 0 Å². The zero-order valence-electron chi connectivity index (χ0n) is 11.2. The molecule has 0 fully saturated rings. The molecule has 0 amide bonds. The van der Waals surface area contributed by atoms with E-state index >= 15 is 0 Å². The van der Waals surface area contributed by atoms with Gasteiger partial charge in [-0.1, -0.05) is 34.1 Å². The second kappa shape index (κ2) is 5.38. The third-order valence-electron chi connectivity index (χ3n) is 3.51. The third kappa shape index (κ3) is 2.37. The fourth-order valence-corrected chi connectivity index (χ4v) is 2.91. The summed E-state index contributed by atoms with van der Waals surface area (Å²) in [5.41, 5.74) is 4.43. The summed E-state index contributed by atoms with van der Waals surface area (Å²) in [7, 11) is 0. The molecule has 20 heavy (non-hydrogen) atoms. The molecule has 0 spiro atoms. The van der Waals surface area contributed by atoms with Gasteiger partial charge in [0.15, 0.2) is 0 Å². The van der Waals surface area contributed by atoms with Crippen molar-refractivity contribution in [2.24, 2.45) is 0 Å². The Bertz CT molecular complexity index is 764. The average Bonchev–Trinajstić information content (AvgIpc) is 2.80. The van der Waals surface area contributed by atoms with Gasteiger partial charge in [-0.2, -0.15) is 0 Å². The molecule has 1 heterocycles. The maximum absolute atomic E-state index is 9.52. The van der Waals surface area contributed by atoms with Gasteiger partial charge in [-0.25, -0.2) is 4.98 Å². The number of nitrogens with zero attached hydrogens (tertiary/aromatic N) is 2. The molecule has 0 aliphatic heterocycles. The zero-order valence-corrected chi connectivity index (χ0v) is 12.8. The van der Waals surface area contributed by atoms with Crippen LogP contribution >= 0.6 is 15.9 Å². The smallest absolute Gasteiger partial charge is 0.136 e. The number of hydrogen-bond donors (Lipinski definition) is 1. The van der Waals surface area contributed by atoms with E-state index in [0.29, 0.717) is 5.82 Å². The molecule has 4 heteroatoms. The van der Waals surface area contributed by atoms with E-state index in [4.69, 9.17) is 0 Å². The maximum Gasteiger partial charge on any atom is 0.136 e. The van der Waals surface area contributed by atoms with E-state index in [1.165, 1.54) is 11.1 Å². The van der Waals surface area contributed by atoms with E-state index in [-0.39, 0.29) is 6.61 Å². The van der Waals surface area contributed by atoms with Crippen LogP contribution in [0.3, 0.4) is 0 Å². The number of fused-ring (bicyclic) bond motifs is 1. The van der Waals surface area contributed by atoms with Crippen molar-refractivity contribution in [1.29, 1.82) is 0 Å². The van der Waals surface area contributed by atoms with Crippen LogP contribution in [0, 0.1) is 6.92 Å². The van der Waals surface area contributed by atoms with Crippen molar-refractivity contribution in [1.82, 2.24) is 9.55 Å². The van der Waals surface area contributed by atoms with Crippen LogP contribution in [0.5, 0.6) is 0 Å². The Hall–Kier alpha value is -1.65. The van der Waals surface area contributed by atoms with Crippen molar-refractivity contribution < 1.29 is 5.11 Å². The van der Waals surface area contributed by atoms with Gasteiger partial charge in [0.2, 0.25) is 0 Å². The Kier molecular flexibility index (Phi) is 3.59. The molecule has 1 N–H and O–H groups in total. The van der Waals surface area contributed by atoms with Crippen LogP contribution in [-0.4, -0.2) is 14.7 Å². The number of aryl methyl sites for hydroxylation is 1. The summed E-state index contributed by atoms with van der Waals surface area (Å²) in [6, 6.07) is 14.2. The molecule has 0 radical (unpaired) electrons. The molecule has 0 saturated heterocycles. The van der Waals surface area contributed by atoms with Gasteiger partial charge in [0.05, 0.1) is 11.0 Å². The largest absolute Gasteiger partial charge is 0.388 e. The number of hydrogen-bond acceptors (Lipinski definition) is 2. The molecule has 0 saturated carbocycles. The van der Waals surface area contributed by atoms with Crippen LogP contribution in [0.2, 0.25) is 0 Å². The monoisotopic (exact) mass is 330 g/mol. The van der Waals surface area contributed by atoms with E-state index in [1.54, 1.807) is 0 Å². The van der Waals surface area contributed by atoms with Gasteiger partial charge in [0, 0.05) is 11.0 Å². The molecular formula is C16H15BrN2O. The Morgan fingerprint density at radius 2 is 2.00 bits per heavy atom. The number of rotatable bonds is 3. The Labute approximate surface area is 126 Å². The van der Waals surface area contributed by atoms with E-state index in [2.05, 4.69) is 44.5 Å². The zero-order chi connectivity index (χ0) is 14.1. The summed E-state index contributed by atoms with van der Waals surface area (Å²) in [6.45, 7) is 2.76. The summed E-state index contributed by atoms with van der Waals surface area (Å²) in [5.74, 6) is 0.702. The van der Waals surface area contributed by atoms with Crippen LogP contribution in [-0.2, 0) is 13.2 Å². The fraction of sp³-hybridized carbons (Fsp3) is 0.188. The lowest BCUT2D eigenvalue weighted by atomic mass is 10.1. The second-order valence-electron chi connectivity index (χ2n) is 4.83. The highest BCUT2D eigenvalue weighted by Crippen LogP contribution is 2.21. The van der Waals surface area contributed by atoms with Crippen LogP contribution in [0.1, 0.15) is 17.0 Å². The lowest BCUT2D eigenvalue weighted by Crippen LogP contribution is -2.06. The van der Waals surface area contributed by atoms with Gasteiger partial charge in [0.25, 0.3) is 0 Å². The van der Waals surface area contributed by atoms with Crippen LogP contribution < -0.4 is 0 Å². The first kappa shape index (κ1) is 13.3. The minimum atomic E-state index is -0.0513. The predicted octanol–water partition coefficient (Wildman–Crippen LogP) is 3.65. The van der Waals surface area contributed by atoms with Gasteiger partial charge in [-0.05, 0) is 42.3 Å². The van der Waals surface area contributed by atoms with Crippen LogP contribution in [0.25, 0.3) is 11.0 Å². The molecule has 0 aliphatic carbocycles. The lowest BCUT2D eigenvalue weighted by Gasteiger charge is -2.11. The minimum Gasteiger partial charge on any atom is -0.388 e. The Balaban J connectivity index is 2.09.